The number of para-hydroxylation sites is 1. The third-order valence-corrected chi connectivity index (χ3v) is 5.54. The van der Waals surface area contributed by atoms with E-state index >= 15 is 0 Å². The zero-order valence-electron chi connectivity index (χ0n) is 18.4. The average Bonchev–Trinajstić information content (AvgIpc) is 3.07. The van der Waals surface area contributed by atoms with Crippen LogP contribution in [0.2, 0.25) is 0 Å². The molecule has 0 bridgehead atoms. The Morgan fingerprint density at radius 1 is 1.10 bits per heavy atom. The fourth-order valence-corrected chi connectivity index (χ4v) is 3.92. The molecular weight excluding hydrogens is 378 g/mol. The molecule has 0 saturated carbocycles. The van der Waals surface area contributed by atoms with Crippen LogP contribution < -0.4 is 10.9 Å². The molecular formula is C23H33N5O2. The highest BCUT2D eigenvalue weighted by Crippen LogP contribution is 2.26. The first-order chi connectivity index (χ1) is 14.6. The Morgan fingerprint density at radius 2 is 1.90 bits per heavy atom. The van der Waals surface area contributed by atoms with Crippen LogP contribution in [0.4, 0.5) is 0 Å². The minimum Gasteiger partial charge on any atom is -0.353 e. The van der Waals surface area contributed by atoms with E-state index in [0.29, 0.717) is 12.1 Å². The van der Waals surface area contributed by atoms with Crippen molar-refractivity contribution in [1.29, 1.82) is 0 Å². The molecule has 0 fully saturated rings. The topological polar surface area (TPSA) is 72.2 Å². The number of aromatic nitrogens is 3. The lowest BCUT2D eigenvalue weighted by atomic mass is 10.2. The average molecular weight is 412 g/mol. The molecule has 2 heterocycles. The molecule has 0 aliphatic carbocycles. The van der Waals surface area contributed by atoms with Crippen LogP contribution in [0.15, 0.2) is 35.3 Å². The lowest BCUT2D eigenvalue weighted by Gasteiger charge is -2.20. The van der Waals surface area contributed by atoms with E-state index in [2.05, 4.69) is 40.7 Å². The molecule has 1 N–H and O–H groups in total. The van der Waals surface area contributed by atoms with Crippen LogP contribution in [0.25, 0.3) is 21.8 Å². The van der Waals surface area contributed by atoms with Crippen LogP contribution in [-0.2, 0) is 17.9 Å². The first kappa shape index (κ1) is 22.0. The lowest BCUT2D eigenvalue weighted by molar-refractivity contribution is -0.121. The van der Waals surface area contributed by atoms with Crippen LogP contribution in [-0.4, -0.2) is 51.3 Å². The number of carbonyl (C=O) groups is 1. The van der Waals surface area contributed by atoms with Crippen molar-refractivity contribution in [2.24, 2.45) is 0 Å². The van der Waals surface area contributed by atoms with Crippen molar-refractivity contribution >= 4 is 27.7 Å². The van der Waals surface area contributed by atoms with E-state index in [1.54, 1.807) is 6.20 Å². The van der Waals surface area contributed by atoms with E-state index in [4.69, 9.17) is 0 Å². The van der Waals surface area contributed by atoms with E-state index in [0.717, 1.165) is 61.7 Å². The quantitative estimate of drug-likeness (QED) is 0.526. The molecule has 0 atom stereocenters. The third-order valence-electron chi connectivity index (χ3n) is 5.54. The molecule has 0 spiro atoms. The normalized spacial score (nSPS) is 11.6. The second-order valence-electron chi connectivity index (χ2n) is 7.68. The molecule has 0 saturated heterocycles. The van der Waals surface area contributed by atoms with Gasteiger partial charge in [-0.2, -0.15) is 5.10 Å². The summed E-state index contributed by atoms with van der Waals surface area (Å²) in [6, 6.07) is 7.99. The van der Waals surface area contributed by atoms with Gasteiger partial charge in [0.25, 0.3) is 5.56 Å². The SMILES string of the molecule is CCCCN(CC)CCNC(=O)Cn1ncc2c3ccccc3n(CCC)c2c1=O. The van der Waals surface area contributed by atoms with Gasteiger partial charge in [0.1, 0.15) is 12.1 Å². The summed E-state index contributed by atoms with van der Waals surface area (Å²) in [7, 11) is 0. The largest absolute Gasteiger partial charge is 0.353 e. The Bertz CT molecular complexity index is 1050. The van der Waals surface area contributed by atoms with E-state index < -0.39 is 0 Å². The number of fused-ring (bicyclic) bond motifs is 3. The van der Waals surface area contributed by atoms with Crippen molar-refractivity contribution in [3.8, 4) is 0 Å². The number of likely N-dealkylation sites (N-methyl/N-ethyl adjacent to an activating group) is 1. The zero-order valence-corrected chi connectivity index (χ0v) is 18.4. The highest BCUT2D eigenvalue weighted by molar-refractivity contribution is 6.07. The van der Waals surface area contributed by atoms with Gasteiger partial charge in [-0.25, -0.2) is 4.68 Å². The minimum absolute atomic E-state index is 0.0660. The molecule has 0 unspecified atom stereocenters. The molecule has 0 aliphatic rings. The van der Waals surface area contributed by atoms with Crippen LogP contribution in [0.3, 0.4) is 0 Å². The second-order valence-corrected chi connectivity index (χ2v) is 7.68. The van der Waals surface area contributed by atoms with Gasteiger partial charge >= 0.3 is 0 Å². The van der Waals surface area contributed by atoms with Gasteiger partial charge in [-0.05, 0) is 32.0 Å². The predicted molar refractivity (Wildman–Crippen MR) is 122 cm³/mol. The zero-order chi connectivity index (χ0) is 21.5. The van der Waals surface area contributed by atoms with Crippen molar-refractivity contribution in [2.45, 2.75) is 53.1 Å². The first-order valence-electron chi connectivity index (χ1n) is 11.1. The molecule has 162 valence electrons. The Labute approximate surface area is 177 Å². The van der Waals surface area contributed by atoms with Crippen LogP contribution >= 0.6 is 0 Å². The maximum atomic E-state index is 13.2. The smallest absolute Gasteiger partial charge is 0.291 e. The standard InChI is InChI=1S/C23H33N5O2/c1-4-7-14-26(6-3)15-12-24-21(29)17-28-23(30)22-19(16-25-28)18-10-8-9-11-20(18)27(22)13-5-2/h8-11,16H,4-7,12-15,17H2,1-3H3,(H,24,29). The molecule has 3 aromatic rings. The number of aryl methyl sites for hydroxylation is 1. The van der Waals surface area contributed by atoms with Gasteiger partial charge in [-0.1, -0.05) is 45.4 Å². The number of amides is 1. The predicted octanol–water partition coefficient (Wildman–Crippen LogP) is 3.00. The van der Waals surface area contributed by atoms with Crippen molar-refractivity contribution in [1.82, 2.24) is 24.6 Å². The Balaban J connectivity index is 1.76. The number of benzene rings is 1. The lowest BCUT2D eigenvalue weighted by Crippen LogP contribution is -2.38. The van der Waals surface area contributed by atoms with Gasteiger partial charge in [-0.3, -0.25) is 9.59 Å². The van der Waals surface area contributed by atoms with Gasteiger partial charge in [0.05, 0.1) is 6.20 Å². The molecule has 30 heavy (non-hydrogen) atoms. The summed E-state index contributed by atoms with van der Waals surface area (Å²) >= 11 is 0. The number of hydrogen-bond donors (Lipinski definition) is 1. The van der Waals surface area contributed by atoms with E-state index in [1.807, 2.05) is 24.3 Å². The van der Waals surface area contributed by atoms with Gasteiger partial charge in [-0.15, -0.1) is 0 Å². The fraction of sp³-hybridized carbons (Fsp3) is 0.522. The highest BCUT2D eigenvalue weighted by atomic mass is 16.2. The second kappa shape index (κ2) is 10.4. The molecule has 1 aromatic carbocycles. The Kier molecular flexibility index (Phi) is 7.63. The van der Waals surface area contributed by atoms with E-state index in [1.165, 1.54) is 4.68 Å². The summed E-state index contributed by atoms with van der Waals surface area (Å²) in [4.78, 5) is 27.9. The van der Waals surface area contributed by atoms with Crippen molar-refractivity contribution in [3.05, 3.63) is 40.8 Å². The Morgan fingerprint density at radius 3 is 2.63 bits per heavy atom. The van der Waals surface area contributed by atoms with Gasteiger partial charge < -0.3 is 14.8 Å². The maximum absolute atomic E-state index is 13.2. The Hall–Kier alpha value is -2.67. The number of rotatable bonds is 11. The van der Waals surface area contributed by atoms with Crippen molar-refractivity contribution in [2.75, 3.05) is 26.2 Å². The number of nitrogens with one attached hydrogen (secondary N) is 1. The molecule has 3 rings (SSSR count). The van der Waals surface area contributed by atoms with Crippen LogP contribution in [0, 0.1) is 0 Å². The molecule has 7 heteroatoms. The maximum Gasteiger partial charge on any atom is 0.291 e. The summed E-state index contributed by atoms with van der Waals surface area (Å²) in [6.07, 6.45) is 4.95. The summed E-state index contributed by atoms with van der Waals surface area (Å²) in [5.74, 6) is -0.186. The summed E-state index contributed by atoms with van der Waals surface area (Å²) in [5, 5.41) is 9.08. The monoisotopic (exact) mass is 411 g/mol. The fourth-order valence-electron chi connectivity index (χ4n) is 3.92. The molecule has 0 aliphatic heterocycles. The van der Waals surface area contributed by atoms with Crippen molar-refractivity contribution < 1.29 is 4.79 Å². The minimum atomic E-state index is -0.217. The van der Waals surface area contributed by atoms with Crippen molar-refractivity contribution in [3.63, 3.8) is 0 Å². The van der Waals surface area contributed by atoms with Crippen LogP contribution in [0.5, 0.6) is 0 Å². The molecule has 2 aromatic heterocycles. The summed E-state index contributed by atoms with van der Waals surface area (Å²) in [6.45, 7) is 10.5. The molecule has 0 radical (unpaired) electrons. The van der Waals surface area contributed by atoms with E-state index in [9.17, 15) is 9.59 Å². The number of hydrogen-bond acceptors (Lipinski definition) is 4. The first-order valence-corrected chi connectivity index (χ1v) is 11.1. The van der Waals surface area contributed by atoms with Gasteiger partial charge in [0, 0.05) is 35.9 Å². The van der Waals surface area contributed by atoms with Crippen LogP contribution in [0.1, 0.15) is 40.0 Å². The highest BCUT2D eigenvalue weighted by Gasteiger charge is 2.16. The summed E-state index contributed by atoms with van der Waals surface area (Å²) in [5.41, 5.74) is 1.44. The number of carbonyl (C=O) groups excluding carboxylic acids is 1. The molecule has 7 nitrogen and oxygen atoms in total. The summed E-state index contributed by atoms with van der Waals surface area (Å²) < 4.78 is 3.33. The number of nitrogens with zero attached hydrogens (tertiary/aromatic N) is 4. The third kappa shape index (κ3) is 4.73. The van der Waals surface area contributed by atoms with E-state index in [-0.39, 0.29) is 18.0 Å². The number of unbranched alkanes of at least 4 members (excludes halogenated alkanes) is 1. The molecule has 1 amide bonds. The van der Waals surface area contributed by atoms with Gasteiger partial charge in [0.15, 0.2) is 0 Å². The van der Waals surface area contributed by atoms with Gasteiger partial charge in [0.2, 0.25) is 5.91 Å².